The van der Waals surface area contributed by atoms with E-state index in [2.05, 4.69) is 15.6 Å². The van der Waals surface area contributed by atoms with Crippen LogP contribution in [0.3, 0.4) is 0 Å². The van der Waals surface area contributed by atoms with Crippen molar-refractivity contribution in [3.63, 3.8) is 0 Å². The maximum atomic E-state index is 14.3. The van der Waals surface area contributed by atoms with Crippen LogP contribution in [0, 0.1) is 15.9 Å². The van der Waals surface area contributed by atoms with Gasteiger partial charge in [-0.3, -0.25) is 15.1 Å². The summed E-state index contributed by atoms with van der Waals surface area (Å²) in [6.07, 6.45) is 1.11. The number of anilines is 1. The molecular formula is C26H25FN4O5S. The van der Waals surface area contributed by atoms with E-state index in [1.54, 1.807) is 12.3 Å². The van der Waals surface area contributed by atoms with Crippen LogP contribution in [-0.4, -0.2) is 34.7 Å². The molecule has 0 saturated heterocycles. The molecule has 1 amide bonds. The van der Waals surface area contributed by atoms with Crippen molar-refractivity contribution in [3.05, 3.63) is 76.7 Å². The molecule has 0 bridgehead atoms. The van der Waals surface area contributed by atoms with Crippen LogP contribution in [0.15, 0.2) is 60.8 Å². The number of carbonyl (C=O) groups excluding carboxylic acids is 1. The number of ether oxygens (including phenoxy) is 2. The second-order valence-corrected chi connectivity index (χ2v) is 10.1. The summed E-state index contributed by atoms with van der Waals surface area (Å²) in [6, 6.07) is 14.6. The van der Waals surface area contributed by atoms with E-state index in [1.165, 1.54) is 23.5 Å². The lowest BCUT2D eigenvalue weighted by molar-refractivity contribution is -0.385. The molecule has 0 aliphatic carbocycles. The van der Waals surface area contributed by atoms with Gasteiger partial charge in [0.05, 0.1) is 21.2 Å². The molecule has 0 atom stereocenters. The van der Waals surface area contributed by atoms with Crippen molar-refractivity contribution in [2.45, 2.75) is 26.4 Å². The molecule has 2 heterocycles. The van der Waals surface area contributed by atoms with Crippen LogP contribution in [0.25, 0.3) is 20.7 Å². The Labute approximate surface area is 216 Å². The first-order valence-electron chi connectivity index (χ1n) is 11.4. The normalized spacial score (nSPS) is 11.2. The van der Waals surface area contributed by atoms with Gasteiger partial charge >= 0.3 is 6.09 Å². The number of benzene rings is 2. The van der Waals surface area contributed by atoms with Crippen LogP contribution in [0.4, 0.5) is 20.6 Å². The fourth-order valence-corrected chi connectivity index (χ4v) is 4.45. The van der Waals surface area contributed by atoms with Gasteiger partial charge < -0.3 is 20.1 Å². The third-order valence-corrected chi connectivity index (χ3v) is 6.20. The molecule has 192 valence electrons. The monoisotopic (exact) mass is 524 g/mol. The minimum Gasteiger partial charge on any atom is -0.453 e. The van der Waals surface area contributed by atoms with Gasteiger partial charge in [0.2, 0.25) is 0 Å². The second-order valence-electron chi connectivity index (χ2n) is 9.04. The average molecular weight is 525 g/mol. The lowest BCUT2D eigenvalue weighted by atomic mass is 10.1. The summed E-state index contributed by atoms with van der Waals surface area (Å²) in [6.45, 7) is 6.38. The number of non-ortho nitro benzene ring substituents is 1. The summed E-state index contributed by atoms with van der Waals surface area (Å²) >= 11 is 1.45. The van der Waals surface area contributed by atoms with E-state index in [0.717, 1.165) is 26.9 Å². The third kappa shape index (κ3) is 6.70. The smallest absolute Gasteiger partial charge is 0.407 e. The molecule has 0 unspecified atom stereocenters. The van der Waals surface area contributed by atoms with Gasteiger partial charge in [-0.1, -0.05) is 12.1 Å². The summed E-state index contributed by atoms with van der Waals surface area (Å²) in [5, 5.41) is 16.8. The molecule has 0 radical (unpaired) electrons. The maximum Gasteiger partial charge on any atom is 0.407 e. The Hall–Kier alpha value is -4.25. The summed E-state index contributed by atoms with van der Waals surface area (Å²) in [5.74, 6) is -0.519. The van der Waals surface area contributed by atoms with Crippen molar-refractivity contribution in [3.8, 4) is 21.9 Å². The van der Waals surface area contributed by atoms with E-state index >= 15 is 0 Å². The molecule has 2 aromatic carbocycles. The van der Waals surface area contributed by atoms with E-state index in [-0.39, 0.29) is 11.4 Å². The molecular weight excluding hydrogens is 499 g/mol. The number of alkyl carbamates (subject to hydrolysis) is 1. The number of aromatic nitrogens is 1. The Bertz CT molecular complexity index is 1430. The Balaban J connectivity index is 1.42. The van der Waals surface area contributed by atoms with E-state index in [9.17, 15) is 19.3 Å². The highest BCUT2D eigenvalue weighted by atomic mass is 32.1. The van der Waals surface area contributed by atoms with E-state index in [0.29, 0.717) is 24.4 Å². The molecule has 0 aliphatic rings. The summed E-state index contributed by atoms with van der Waals surface area (Å²) in [7, 11) is 0. The highest BCUT2D eigenvalue weighted by molar-refractivity contribution is 7.22. The number of nitro benzene ring substituents is 1. The Morgan fingerprint density at radius 1 is 1.08 bits per heavy atom. The van der Waals surface area contributed by atoms with Gasteiger partial charge in [-0.15, -0.1) is 11.3 Å². The van der Waals surface area contributed by atoms with Crippen molar-refractivity contribution < 1.29 is 23.6 Å². The Kier molecular flexibility index (Phi) is 7.53. The van der Waals surface area contributed by atoms with E-state index in [4.69, 9.17) is 9.47 Å². The molecule has 0 saturated carbocycles. The lowest BCUT2D eigenvalue weighted by Crippen LogP contribution is -2.34. The number of thiophene rings is 1. The molecule has 4 aromatic rings. The Morgan fingerprint density at radius 2 is 1.84 bits per heavy atom. The zero-order chi connectivity index (χ0) is 26.6. The molecule has 37 heavy (non-hydrogen) atoms. The highest BCUT2D eigenvalue weighted by Crippen LogP contribution is 2.40. The first-order chi connectivity index (χ1) is 17.6. The predicted molar refractivity (Wildman–Crippen MR) is 141 cm³/mol. The quantitative estimate of drug-likeness (QED) is 0.149. The average Bonchev–Trinajstić information content (AvgIpc) is 3.28. The Morgan fingerprint density at radius 3 is 2.51 bits per heavy atom. The number of fused-ring (bicyclic) bond motifs is 1. The van der Waals surface area contributed by atoms with Gasteiger partial charge in [-0.25, -0.2) is 9.18 Å². The number of nitro groups is 1. The van der Waals surface area contributed by atoms with E-state index in [1.807, 2.05) is 51.1 Å². The molecule has 0 spiro atoms. The summed E-state index contributed by atoms with van der Waals surface area (Å²) < 4.78 is 26.0. The molecule has 0 fully saturated rings. The fraction of sp³-hybridized carbons (Fsp3) is 0.231. The largest absolute Gasteiger partial charge is 0.453 e. The van der Waals surface area contributed by atoms with Crippen LogP contribution in [0.2, 0.25) is 0 Å². The molecule has 2 N–H and O–H groups in total. The third-order valence-electron chi connectivity index (χ3n) is 5.01. The van der Waals surface area contributed by atoms with Gasteiger partial charge in [-0.05, 0) is 50.6 Å². The topological polar surface area (TPSA) is 116 Å². The van der Waals surface area contributed by atoms with Gasteiger partial charge in [-0.2, -0.15) is 0 Å². The number of rotatable bonds is 8. The van der Waals surface area contributed by atoms with Crippen LogP contribution in [0.5, 0.6) is 11.5 Å². The first-order valence-corrected chi connectivity index (χ1v) is 12.2. The van der Waals surface area contributed by atoms with Gasteiger partial charge in [0.25, 0.3) is 5.69 Å². The van der Waals surface area contributed by atoms with Crippen LogP contribution < -0.4 is 15.4 Å². The van der Waals surface area contributed by atoms with Gasteiger partial charge in [0.15, 0.2) is 11.6 Å². The fourth-order valence-electron chi connectivity index (χ4n) is 3.38. The molecule has 0 aliphatic heterocycles. The standard InChI is InChI=1S/C26H25FN4O5S/c1-26(2,3)36-25(32)30-13-12-28-17-6-4-16(5-7-17)23-15-20-24(37-23)22(10-11-29-20)35-21-9-8-18(31(33)34)14-19(21)27/h4-11,14-15,28H,12-13H2,1-3H3,(H,30,32). The lowest BCUT2D eigenvalue weighted by Gasteiger charge is -2.19. The number of halogens is 1. The summed E-state index contributed by atoms with van der Waals surface area (Å²) in [5.41, 5.74) is 1.67. The molecule has 9 nitrogen and oxygen atoms in total. The minimum absolute atomic E-state index is 0.107. The maximum absolute atomic E-state index is 14.3. The van der Waals surface area contributed by atoms with Crippen molar-refractivity contribution >= 4 is 39.0 Å². The number of nitrogens with zero attached hydrogens (tertiary/aromatic N) is 2. The van der Waals surface area contributed by atoms with E-state index < -0.39 is 22.4 Å². The zero-order valence-electron chi connectivity index (χ0n) is 20.4. The number of hydrogen-bond acceptors (Lipinski definition) is 8. The van der Waals surface area contributed by atoms with Crippen molar-refractivity contribution in [1.29, 1.82) is 0 Å². The zero-order valence-corrected chi connectivity index (χ0v) is 21.2. The number of hydrogen-bond donors (Lipinski definition) is 2. The minimum atomic E-state index is -0.819. The molecule has 11 heteroatoms. The van der Waals surface area contributed by atoms with Crippen molar-refractivity contribution in [2.24, 2.45) is 0 Å². The second kappa shape index (κ2) is 10.8. The SMILES string of the molecule is CC(C)(C)OC(=O)NCCNc1ccc(-c2cc3nccc(Oc4ccc([N+](=O)[O-])cc4F)c3s2)cc1. The van der Waals surface area contributed by atoms with Crippen molar-refractivity contribution in [2.75, 3.05) is 18.4 Å². The van der Waals surface area contributed by atoms with Crippen LogP contribution in [-0.2, 0) is 4.74 Å². The highest BCUT2D eigenvalue weighted by Gasteiger charge is 2.16. The van der Waals surface area contributed by atoms with Gasteiger partial charge in [0.1, 0.15) is 11.4 Å². The molecule has 4 rings (SSSR count). The van der Waals surface area contributed by atoms with Crippen LogP contribution >= 0.6 is 11.3 Å². The number of carbonyl (C=O) groups is 1. The van der Waals surface area contributed by atoms with Gasteiger partial charge in [0, 0.05) is 42.0 Å². The molecule has 2 aromatic heterocycles. The van der Waals surface area contributed by atoms with Crippen molar-refractivity contribution in [1.82, 2.24) is 10.3 Å². The number of amides is 1. The predicted octanol–water partition coefficient (Wildman–Crippen LogP) is 6.74. The first kappa shape index (κ1) is 25.8. The number of nitrogens with one attached hydrogen (secondary N) is 2. The summed E-state index contributed by atoms with van der Waals surface area (Å²) in [4.78, 5) is 27.2. The van der Waals surface area contributed by atoms with Crippen LogP contribution in [0.1, 0.15) is 20.8 Å². The number of pyridine rings is 1.